The standard InChI is InChI=1S/C16H18N2O3/c1-18(14-6-4-5-7-15(14)21-3)16(19)12-9-8-11(20-2)10-13(12)17/h4-10H,17H2,1-3H3. The van der Waals surface area contributed by atoms with Gasteiger partial charge in [-0.15, -0.1) is 0 Å². The summed E-state index contributed by atoms with van der Waals surface area (Å²) in [5.41, 5.74) is 7.40. The van der Waals surface area contributed by atoms with E-state index in [-0.39, 0.29) is 5.91 Å². The molecule has 5 nitrogen and oxygen atoms in total. The van der Waals surface area contributed by atoms with E-state index in [2.05, 4.69) is 0 Å². The Kier molecular flexibility index (Phi) is 4.33. The predicted octanol–water partition coefficient (Wildman–Crippen LogP) is 2.56. The first-order valence-electron chi connectivity index (χ1n) is 6.43. The van der Waals surface area contributed by atoms with Crippen LogP contribution in [-0.2, 0) is 0 Å². The van der Waals surface area contributed by atoms with Gasteiger partial charge in [-0.2, -0.15) is 0 Å². The molecular weight excluding hydrogens is 268 g/mol. The van der Waals surface area contributed by atoms with E-state index in [0.29, 0.717) is 28.4 Å². The van der Waals surface area contributed by atoms with E-state index in [1.54, 1.807) is 45.5 Å². The van der Waals surface area contributed by atoms with Gasteiger partial charge in [-0.25, -0.2) is 0 Å². The third kappa shape index (κ3) is 2.91. The Bertz CT molecular complexity index is 656. The number of methoxy groups -OCH3 is 2. The number of ether oxygens (including phenoxy) is 2. The summed E-state index contributed by atoms with van der Waals surface area (Å²) in [4.78, 5) is 14.1. The number of nitrogens with two attached hydrogens (primary N) is 1. The second-order valence-corrected chi connectivity index (χ2v) is 4.49. The van der Waals surface area contributed by atoms with E-state index in [0.717, 1.165) is 0 Å². The number of para-hydroxylation sites is 2. The normalized spacial score (nSPS) is 10.0. The van der Waals surface area contributed by atoms with Gasteiger partial charge in [0, 0.05) is 18.8 Å². The van der Waals surface area contributed by atoms with Crippen molar-refractivity contribution in [3.63, 3.8) is 0 Å². The number of carbonyl (C=O) groups excluding carboxylic acids is 1. The summed E-state index contributed by atoms with van der Waals surface area (Å²) in [5.74, 6) is 1.03. The molecule has 110 valence electrons. The van der Waals surface area contributed by atoms with Crippen LogP contribution in [0.1, 0.15) is 10.4 Å². The number of hydrogen-bond acceptors (Lipinski definition) is 4. The number of rotatable bonds is 4. The summed E-state index contributed by atoms with van der Waals surface area (Å²) in [6.45, 7) is 0. The van der Waals surface area contributed by atoms with Gasteiger partial charge >= 0.3 is 0 Å². The molecule has 0 heterocycles. The van der Waals surface area contributed by atoms with Crippen LogP contribution < -0.4 is 20.1 Å². The third-order valence-electron chi connectivity index (χ3n) is 3.24. The number of anilines is 2. The Labute approximate surface area is 123 Å². The van der Waals surface area contributed by atoms with Crippen LogP contribution in [-0.4, -0.2) is 27.2 Å². The summed E-state index contributed by atoms with van der Waals surface area (Å²) in [5, 5.41) is 0. The molecule has 0 aliphatic rings. The van der Waals surface area contributed by atoms with Crippen LogP contribution in [0.15, 0.2) is 42.5 Å². The predicted molar refractivity (Wildman–Crippen MR) is 83.1 cm³/mol. The van der Waals surface area contributed by atoms with Crippen molar-refractivity contribution in [3.05, 3.63) is 48.0 Å². The molecule has 2 aromatic rings. The maximum atomic E-state index is 12.6. The van der Waals surface area contributed by atoms with Crippen molar-refractivity contribution in [1.82, 2.24) is 0 Å². The average molecular weight is 286 g/mol. The molecule has 2 rings (SSSR count). The zero-order chi connectivity index (χ0) is 15.4. The highest BCUT2D eigenvalue weighted by atomic mass is 16.5. The molecule has 0 saturated heterocycles. The summed E-state index contributed by atoms with van der Waals surface area (Å²) >= 11 is 0. The first kappa shape index (κ1) is 14.7. The zero-order valence-electron chi connectivity index (χ0n) is 12.3. The van der Waals surface area contributed by atoms with Gasteiger partial charge in [-0.3, -0.25) is 4.79 Å². The molecule has 0 atom stereocenters. The number of carbonyl (C=O) groups is 1. The summed E-state index contributed by atoms with van der Waals surface area (Å²) in [7, 11) is 4.81. The maximum Gasteiger partial charge on any atom is 0.260 e. The molecule has 0 aliphatic heterocycles. The molecule has 0 unspecified atom stereocenters. The molecule has 21 heavy (non-hydrogen) atoms. The number of nitrogens with zero attached hydrogens (tertiary/aromatic N) is 1. The van der Waals surface area contributed by atoms with E-state index in [1.807, 2.05) is 18.2 Å². The Morgan fingerprint density at radius 3 is 2.43 bits per heavy atom. The topological polar surface area (TPSA) is 64.8 Å². The minimum Gasteiger partial charge on any atom is -0.497 e. The molecule has 0 spiro atoms. The Morgan fingerprint density at radius 1 is 1.10 bits per heavy atom. The van der Waals surface area contributed by atoms with Gasteiger partial charge in [0.1, 0.15) is 11.5 Å². The summed E-state index contributed by atoms with van der Waals surface area (Å²) in [6.07, 6.45) is 0. The van der Waals surface area contributed by atoms with Crippen molar-refractivity contribution in [1.29, 1.82) is 0 Å². The molecular formula is C16H18N2O3. The molecule has 0 aromatic heterocycles. The van der Waals surface area contributed by atoms with Crippen LogP contribution in [0, 0.1) is 0 Å². The van der Waals surface area contributed by atoms with E-state index in [1.165, 1.54) is 4.90 Å². The smallest absolute Gasteiger partial charge is 0.260 e. The van der Waals surface area contributed by atoms with Crippen LogP contribution in [0.4, 0.5) is 11.4 Å². The molecule has 2 N–H and O–H groups in total. The van der Waals surface area contributed by atoms with Crippen LogP contribution in [0.3, 0.4) is 0 Å². The highest BCUT2D eigenvalue weighted by Gasteiger charge is 2.19. The van der Waals surface area contributed by atoms with Crippen molar-refractivity contribution in [2.45, 2.75) is 0 Å². The van der Waals surface area contributed by atoms with Crippen LogP contribution >= 0.6 is 0 Å². The molecule has 0 bridgehead atoms. The minimum absolute atomic E-state index is 0.209. The van der Waals surface area contributed by atoms with Gasteiger partial charge in [0.15, 0.2) is 0 Å². The number of benzene rings is 2. The van der Waals surface area contributed by atoms with Gasteiger partial charge < -0.3 is 20.1 Å². The van der Waals surface area contributed by atoms with E-state index < -0.39 is 0 Å². The van der Waals surface area contributed by atoms with E-state index in [4.69, 9.17) is 15.2 Å². The molecule has 0 fully saturated rings. The number of nitrogen functional groups attached to an aromatic ring is 1. The highest BCUT2D eigenvalue weighted by Crippen LogP contribution is 2.29. The fourth-order valence-electron chi connectivity index (χ4n) is 2.06. The summed E-state index contributed by atoms with van der Waals surface area (Å²) < 4.78 is 10.4. The van der Waals surface area contributed by atoms with Crippen LogP contribution in [0.25, 0.3) is 0 Å². The van der Waals surface area contributed by atoms with Crippen molar-refractivity contribution in [2.75, 3.05) is 31.9 Å². The van der Waals surface area contributed by atoms with Crippen molar-refractivity contribution in [3.8, 4) is 11.5 Å². The molecule has 0 aliphatic carbocycles. The molecule has 2 aromatic carbocycles. The quantitative estimate of drug-likeness (QED) is 0.877. The third-order valence-corrected chi connectivity index (χ3v) is 3.24. The monoisotopic (exact) mass is 286 g/mol. The fraction of sp³-hybridized carbons (Fsp3) is 0.188. The Morgan fingerprint density at radius 2 is 1.81 bits per heavy atom. The largest absolute Gasteiger partial charge is 0.497 e. The summed E-state index contributed by atoms with van der Waals surface area (Å²) in [6, 6.07) is 12.3. The molecule has 0 radical (unpaired) electrons. The van der Waals surface area contributed by atoms with Crippen molar-refractivity contribution < 1.29 is 14.3 Å². The minimum atomic E-state index is -0.209. The molecule has 5 heteroatoms. The zero-order valence-corrected chi connectivity index (χ0v) is 12.3. The van der Waals surface area contributed by atoms with E-state index >= 15 is 0 Å². The molecule has 1 amide bonds. The molecule has 0 saturated carbocycles. The van der Waals surface area contributed by atoms with Gasteiger partial charge in [-0.05, 0) is 24.3 Å². The SMILES string of the molecule is COc1ccc(C(=O)N(C)c2ccccc2OC)c(N)c1. The first-order valence-corrected chi connectivity index (χ1v) is 6.43. The van der Waals surface area contributed by atoms with Crippen LogP contribution in [0.2, 0.25) is 0 Å². The average Bonchev–Trinajstić information content (AvgIpc) is 2.53. The number of amides is 1. The lowest BCUT2D eigenvalue weighted by atomic mass is 10.1. The van der Waals surface area contributed by atoms with Gasteiger partial charge in [0.25, 0.3) is 5.91 Å². The lowest BCUT2D eigenvalue weighted by molar-refractivity contribution is 0.0993. The Balaban J connectivity index is 2.35. The van der Waals surface area contributed by atoms with E-state index in [9.17, 15) is 4.79 Å². The number of hydrogen-bond donors (Lipinski definition) is 1. The maximum absolute atomic E-state index is 12.6. The second-order valence-electron chi connectivity index (χ2n) is 4.49. The van der Waals surface area contributed by atoms with Gasteiger partial charge in [0.2, 0.25) is 0 Å². The lowest BCUT2D eigenvalue weighted by Gasteiger charge is -2.20. The fourth-order valence-corrected chi connectivity index (χ4v) is 2.06. The Hall–Kier alpha value is -2.69. The highest BCUT2D eigenvalue weighted by molar-refractivity contribution is 6.09. The van der Waals surface area contributed by atoms with Crippen molar-refractivity contribution >= 4 is 17.3 Å². The second kappa shape index (κ2) is 6.17. The van der Waals surface area contributed by atoms with Gasteiger partial charge in [-0.1, -0.05) is 12.1 Å². The van der Waals surface area contributed by atoms with Crippen molar-refractivity contribution in [2.24, 2.45) is 0 Å². The first-order chi connectivity index (χ1) is 10.1. The van der Waals surface area contributed by atoms with Gasteiger partial charge in [0.05, 0.1) is 25.5 Å². The lowest BCUT2D eigenvalue weighted by Crippen LogP contribution is -2.27. The van der Waals surface area contributed by atoms with Crippen LogP contribution in [0.5, 0.6) is 11.5 Å².